The maximum atomic E-state index is 2.56. The highest BCUT2D eigenvalue weighted by molar-refractivity contribution is 7.00. The van der Waals surface area contributed by atoms with Gasteiger partial charge in [-0.05, 0) is 147 Å². The molecular weight excluding hydrogens is 771 g/mol. The number of hydrogen-bond donors (Lipinski definition) is 0. The maximum Gasteiger partial charge on any atom is 0.252 e. The van der Waals surface area contributed by atoms with Gasteiger partial charge in [-0.3, -0.25) is 0 Å². The largest absolute Gasteiger partial charge is 0.311 e. The first kappa shape index (κ1) is 35.7. The molecule has 0 saturated heterocycles. The summed E-state index contributed by atoms with van der Waals surface area (Å²) in [7, 11) is 0. The standard InChI is InChI=1S/C61H41BN2/c1-61(2)52-24-14-13-23-48(52)49-30-29-40(31-53(49)61)43-34-58-60-59(35-43)64(45-19-7-4-8-20-45)57-33-42-28-26-39-16-10-12-22-47(39)51(42)37-55(57)62(60)54-36-50-41(27-25-38-15-9-11-21-46(38)50)32-56(54)63(58)44-17-5-3-6-18-44/h3-37H,1-2H3. The van der Waals surface area contributed by atoms with E-state index in [1.165, 1.54) is 116 Å². The fourth-order valence-corrected chi connectivity index (χ4v) is 11.8. The monoisotopic (exact) mass is 812 g/mol. The third-order valence-corrected chi connectivity index (χ3v) is 14.7. The SMILES string of the molecule is CC1(C)c2ccccc2-c2ccc(-c3cc4c5c(c3)N(c3ccccc3)c3cc6ccc7ccccc7c6cc3B5c3cc5c(ccc6ccccc65)cc3N4c3ccccc3)cc21. The van der Waals surface area contributed by atoms with Gasteiger partial charge in [-0.25, -0.2) is 0 Å². The van der Waals surface area contributed by atoms with Crippen LogP contribution in [0.4, 0.5) is 34.1 Å². The molecule has 0 amide bonds. The van der Waals surface area contributed by atoms with Crippen LogP contribution in [-0.2, 0) is 5.41 Å². The summed E-state index contributed by atoms with van der Waals surface area (Å²) in [5.74, 6) is 0. The van der Waals surface area contributed by atoms with E-state index in [-0.39, 0.29) is 12.1 Å². The van der Waals surface area contributed by atoms with Gasteiger partial charge in [0.25, 0.3) is 6.71 Å². The average Bonchev–Trinajstić information content (AvgIpc) is 3.58. The smallest absolute Gasteiger partial charge is 0.252 e. The predicted octanol–water partition coefficient (Wildman–Crippen LogP) is 14.4. The third kappa shape index (κ3) is 4.92. The lowest BCUT2D eigenvalue weighted by Gasteiger charge is -2.44. The molecule has 0 unspecified atom stereocenters. The molecule has 0 bridgehead atoms. The van der Waals surface area contributed by atoms with Crippen LogP contribution in [0.25, 0.3) is 65.3 Å². The van der Waals surface area contributed by atoms with Gasteiger partial charge in [0.1, 0.15) is 0 Å². The fourth-order valence-electron chi connectivity index (χ4n) is 11.8. The number of hydrogen-bond acceptors (Lipinski definition) is 2. The second-order valence-corrected chi connectivity index (χ2v) is 18.5. The zero-order valence-electron chi connectivity index (χ0n) is 35.7. The zero-order chi connectivity index (χ0) is 42.3. The highest BCUT2D eigenvalue weighted by Gasteiger charge is 2.44. The lowest BCUT2D eigenvalue weighted by Crippen LogP contribution is -2.61. The van der Waals surface area contributed by atoms with Crippen LogP contribution >= 0.6 is 0 Å². The Balaban J connectivity index is 1.12. The Morgan fingerprint density at radius 3 is 1.41 bits per heavy atom. The van der Waals surface area contributed by atoms with Crippen LogP contribution in [0.15, 0.2) is 212 Å². The van der Waals surface area contributed by atoms with Gasteiger partial charge in [0.15, 0.2) is 0 Å². The number of fused-ring (bicyclic) bond motifs is 13. The molecule has 11 aromatic rings. The van der Waals surface area contributed by atoms with E-state index in [1.54, 1.807) is 0 Å². The second kappa shape index (κ2) is 13.1. The Bertz CT molecular complexity index is 3590. The van der Waals surface area contributed by atoms with Gasteiger partial charge >= 0.3 is 0 Å². The topological polar surface area (TPSA) is 6.48 Å². The molecule has 1 aliphatic carbocycles. The lowest BCUT2D eigenvalue weighted by atomic mass is 9.33. The second-order valence-electron chi connectivity index (χ2n) is 18.5. The Kier molecular flexibility index (Phi) is 7.29. The quantitative estimate of drug-likeness (QED) is 0.130. The molecule has 0 radical (unpaired) electrons. The summed E-state index contributed by atoms with van der Waals surface area (Å²) in [5.41, 5.74) is 18.9. The van der Waals surface area contributed by atoms with Crippen LogP contribution in [0.2, 0.25) is 0 Å². The Morgan fingerprint density at radius 1 is 0.344 bits per heavy atom. The highest BCUT2D eigenvalue weighted by Crippen LogP contribution is 2.51. The van der Waals surface area contributed by atoms with E-state index in [9.17, 15) is 0 Å². The summed E-state index contributed by atoms with van der Waals surface area (Å²) in [5, 5.41) is 10.1. The van der Waals surface area contributed by atoms with Gasteiger partial charge in [0.2, 0.25) is 0 Å². The number of rotatable bonds is 3. The molecule has 0 fully saturated rings. The first-order valence-electron chi connectivity index (χ1n) is 22.5. The van der Waals surface area contributed by atoms with Crippen LogP contribution in [-0.4, -0.2) is 6.71 Å². The van der Waals surface area contributed by atoms with Crippen molar-refractivity contribution in [1.29, 1.82) is 0 Å². The molecule has 0 aromatic heterocycles. The van der Waals surface area contributed by atoms with Gasteiger partial charge in [-0.2, -0.15) is 0 Å². The number of benzene rings is 11. The molecule has 2 aliphatic heterocycles. The first-order valence-corrected chi connectivity index (χ1v) is 22.5. The van der Waals surface area contributed by atoms with Gasteiger partial charge in [0, 0.05) is 39.5 Å². The third-order valence-electron chi connectivity index (χ3n) is 14.7. The molecule has 0 atom stereocenters. The summed E-state index contributed by atoms with van der Waals surface area (Å²) >= 11 is 0. The van der Waals surface area contributed by atoms with Crippen molar-refractivity contribution < 1.29 is 0 Å². The molecule has 64 heavy (non-hydrogen) atoms. The molecule has 2 nitrogen and oxygen atoms in total. The van der Waals surface area contributed by atoms with Crippen LogP contribution in [0.3, 0.4) is 0 Å². The molecule has 2 heterocycles. The molecule has 0 spiro atoms. The number of nitrogens with zero attached hydrogens (tertiary/aromatic N) is 2. The average molecular weight is 813 g/mol. The van der Waals surface area contributed by atoms with E-state index >= 15 is 0 Å². The lowest BCUT2D eigenvalue weighted by molar-refractivity contribution is 0.660. The van der Waals surface area contributed by atoms with E-state index in [4.69, 9.17) is 0 Å². The molecule has 11 aromatic carbocycles. The van der Waals surface area contributed by atoms with Crippen molar-refractivity contribution in [2.45, 2.75) is 19.3 Å². The Hall–Kier alpha value is -7.88. The van der Waals surface area contributed by atoms with E-state index < -0.39 is 0 Å². The molecule has 0 N–H and O–H groups in total. The normalized spacial score (nSPS) is 14.1. The summed E-state index contributed by atoms with van der Waals surface area (Å²) in [6.07, 6.45) is 0. The summed E-state index contributed by atoms with van der Waals surface area (Å²) in [6, 6.07) is 80.1. The summed E-state index contributed by atoms with van der Waals surface area (Å²) in [4.78, 5) is 5.11. The molecular formula is C61H41BN2. The van der Waals surface area contributed by atoms with Crippen molar-refractivity contribution in [2.75, 3.05) is 9.80 Å². The summed E-state index contributed by atoms with van der Waals surface area (Å²) < 4.78 is 0. The predicted molar refractivity (Wildman–Crippen MR) is 273 cm³/mol. The molecule has 14 rings (SSSR count). The Morgan fingerprint density at radius 2 is 0.828 bits per heavy atom. The van der Waals surface area contributed by atoms with E-state index in [0.29, 0.717) is 0 Å². The molecule has 298 valence electrons. The zero-order valence-corrected chi connectivity index (χ0v) is 35.7. The highest BCUT2D eigenvalue weighted by atomic mass is 15.2. The molecule has 3 aliphatic rings. The molecule has 3 heteroatoms. The van der Waals surface area contributed by atoms with Crippen molar-refractivity contribution in [3.63, 3.8) is 0 Å². The number of anilines is 6. The van der Waals surface area contributed by atoms with Crippen molar-refractivity contribution in [3.8, 4) is 22.3 Å². The van der Waals surface area contributed by atoms with Gasteiger partial charge in [0.05, 0.1) is 0 Å². The van der Waals surface area contributed by atoms with E-state index in [2.05, 4.69) is 236 Å². The summed E-state index contributed by atoms with van der Waals surface area (Å²) in [6.45, 7) is 4.72. The number of para-hydroxylation sites is 2. The van der Waals surface area contributed by atoms with Crippen LogP contribution in [0, 0.1) is 0 Å². The van der Waals surface area contributed by atoms with Crippen molar-refractivity contribution in [1.82, 2.24) is 0 Å². The minimum atomic E-state index is -0.115. The van der Waals surface area contributed by atoms with Crippen molar-refractivity contribution in [2.24, 2.45) is 0 Å². The van der Waals surface area contributed by atoms with Crippen molar-refractivity contribution in [3.05, 3.63) is 223 Å². The minimum Gasteiger partial charge on any atom is -0.311 e. The maximum absolute atomic E-state index is 2.56. The van der Waals surface area contributed by atoms with Gasteiger partial charge in [-0.1, -0.05) is 172 Å². The van der Waals surface area contributed by atoms with E-state index in [0.717, 1.165) is 11.4 Å². The fraction of sp³-hybridized carbons (Fsp3) is 0.0492. The van der Waals surface area contributed by atoms with Crippen molar-refractivity contribution >= 4 is 100 Å². The van der Waals surface area contributed by atoms with Crippen LogP contribution < -0.4 is 26.2 Å². The Labute approximate surface area is 373 Å². The van der Waals surface area contributed by atoms with Crippen LogP contribution in [0.1, 0.15) is 25.0 Å². The van der Waals surface area contributed by atoms with E-state index in [1.807, 2.05) is 0 Å². The minimum absolute atomic E-state index is 0.0378. The molecule has 0 saturated carbocycles. The van der Waals surface area contributed by atoms with Gasteiger partial charge in [-0.15, -0.1) is 0 Å². The van der Waals surface area contributed by atoms with Gasteiger partial charge < -0.3 is 9.80 Å². The van der Waals surface area contributed by atoms with Crippen LogP contribution in [0.5, 0.6) is 0 Å². The first-order chi connectivity index (χ1) is 31.5.